The molecule has 0 heterocycles. The van der Waals surface area contributed by atoms with Gasteiger partial charge in [-0.15, -0.1) is 0 Å². The van der Waals surface area contributed by atoms with Crippen molar-refractivity contribution in [2.24, 2.45) is 0 Å². The zero-order valence-corrected chi connectivity index (χ0v) is 6.12. The van der Waals surface area contributed by atoms with Crippen LogP contribution < -0.4 is 0 Å². The van der Waals surface area contributed by atoms with Crippen molar-refractivity contribution in [3.05, 3.63) is 0 Å². The molecule has 0 saturated heterocycles. The highest BCUT2D eigenvalue weighted by molar-refractivity contribution is 4.65. The Labute approximate surface area is 54.7 Å². The number of alkyl halides is 2. The van der Waals surface area contributed by atoms with Gasteiger partial charge in [0.25, 0.3) is 5.92 Å². The second-order valence-corrected chi connectivity index (χ2v) is 2.45. The van der Waals surface area contributed by atoms with E-state index in [1.165, 1.54) is 11.8 Å². The second kappa shape index (κ2) is 3.11. The molecule has 0 radical (unpaired) electrons. The first-order chi connectivity index (χ1) is 3.98. The number of nitrogens with zero attached hydrogens (tertiary/aromatic N) is 1. The lowest BCUT2D eigenvalue weighted by atomic mass is 10.2. The fourth-order valence-corrected chi connectivity index (χ4v) is 0.574. The van der Waals surface area contributed by atoms with Gasteiger partial charge in [0, 0.05) is 6.42 Å². The maximum Gasteiger partial charge on any atom is 0.260 e. The van der Waals surface area contributed by atoms with Gasteiger partial charge < -0.3 is 4.90 Å². The summed E-state index contributed by atoms with van der Waals surface area (Å²) in [6.07, 6.45) is -0.0782. The molecular formula is C6H13F2N. The molecule has 0 bridgehead atoms. The van der Waals surface area contributed by atoms with E-state index < -0.39 is 5.92 Å². The van der Waals surface area contributed by atoms with E-state index in [0.717, 1.165) is 0 Å². The normalized spacial score (nSPS) is 12.7. The largest absolute Gasteiger partial charge is 0.304 e. The first-order valence-electron chi connectivity index (χ1n) is 3.00. The lowest BCUT2D eigenvalue weighted by Gasteiger charge is -2.18. The fourth-order valence-electron chi connectivity index (χ4n) is 0.574. The van der Waals surface area contributed by atoms with Crippen LogP contribution in [0.2, 0.25) is 0 Å². The van der Waals surface area contributed by atoms with E-state index in [1.54, 1.807) is 14.1 Å². The van der Waals surface area contributed by atoms with E-state index in [1.807, 2.05) is 0 Å². The Kier molecular flexibility index (Phi) is 3.04. The molecule has 9 heavy (non-hydrogen) atoms. The molecule has 0 aromatic heterocycles. The predicted molar refractivity (Wildman–Crippen MR) is 33.8 cm³/mol. The van der Waals surface area contributed by atoms with Crippen LogP contribution in [-0.4, -0.2) is 31.5 Å². The summed E-state index contributed by atoms with van der Waals surface area (Å²) in [6.45, 7) is 1.34. The minimum absolute atomic E-state index is 0.0782. The monoisotopic (exact) mass is 137 g/mol. The standard InChI is InChI=1S/C6H13F2N/c1-4-6(7,8)5-9(2)3/h4-5H2,1-3H3. The van der Waals surface area contributed by atoms with Gasteiger partial charge in [-0.05, 0) is 14.1 Å². The Balaban J connectivity index is 3.58. The van der Waals surface area contributed by atoms with Crippen molar-refractivity contribution >= 4 is 0 Å². The zero-order chi connectivity index (χ0) is 7.49. The second-order valence-electron chi connectivity index (χ2n) is 2.45. The molecule has 0 spiro atoms. The fraction of sp³-hybridized carbons (Fsp3) is 1.00. The maximum atomic E-state index is 12.4. The number of halogens is 2. The summed E-state index contributed by atoms with van der Waals surface area (Å²) >= 11 is 0. The van der Waals surface area contributed by atoms with E-state index in [0.29, 0.717) is 0 Å². The molecule has 0 aromatic carbocycles. The number of rotatable bonds is 3. The highest BCUT2D eigenvalue weighted by Gasteiger charge is 2.26. The highest BCUT2D eigenvalue weighted by Crippen LogP contribution is 2.17. The summed E-state index contributed by atoms with van der Waals surface area (Å²) in [4.78, 5) is 1.49. The van der Waals surface area contributed by atoms with Crippen LogP contribution in [0.3, 0.4) is 0 Å². The van der Waals surface area contributed by atoms with Crippen molar-refractivity contribution in [1.29, 1.82) is 0 Å². The van der Waals surface area contributed by atoms with Gasteiger partial charge >= 0.3 is 0 Å². The summed E-state index contributed by atoms with van der Waals surface area (Å²) in [7, 11) is 3.28. The van der Waals surface area contributed by atoms with Crippen LogP contribution in [0.15, 0.2) is 0 Å². The van der Waals surface area contributed by atoms with Crippen LogP contribution in [-0.2, 0) is 0 Å². The molecule has 0 amide bonds. The molecule has 0 fully saturated rings. The minimum Gasteiger partial charge on any atom is -0.304 e. The summed E-state index contributed by atoms with van der Waals surface area (Å²) in [5.41, 5.74) is 0. The molecule has 0 saturated carbocycles. The van der Waals surface area contributed by atoms with E-state index in [2.05, 4.69) is 0 Å². The van der Waals surface area contributed by atoms with Gasteiger partial charge in [-0.25, -0.2) is 8.78 Å². The van der Waals surface area contributed by atoms with Crippen molar-refractivity contribution in [2.75, 3.05) is 20.6 Å². The SMILES string of the molecule is CCC(F)(F)CN(C)C. The molecule has 0 atom stereocenters. The maximum absolute atomic E-state index is 12.4. The average Bonchev–Trinajstić information content (AvgIpc) is 1.63. The van der Waals surface area contributed by atoms with Gasteiger partial charge in [0.05, 0.1) is 6.54 Å². The van der Waals surface area contributed by atoms with Gasteiger partial charge in [0.1, 0.15) is 0 Å². The quantitative estimate of drug-likeness (QED) is 0.571. The molecule has 0 aromatic rings. The van der Waals surface area contributed by atoms with Crippen molar-refractivity contribution < 1.29 is 8.78 Å². The first kappa shape index (κ1) is 8.82. The summed E-state index contributed by atoms with van der Waals surface area (Å²) in [5.74, 6) is -2.51. The van der Waals surface area contributed by atoms with Gasteiger partial charge in [-0.3, -0.25) is 0 Å². The van der Waals surface area contributed by atoms with Crippen molar-refractivity contribution in [3.8, 4) is 0 Å². The molecule has 56 valence electrons. The molecular weight excluding hydrogens is 124 g/mol. The molecule has 0 aliphatic heterocycles. The number of hydrogen-bond acceptors (Lipinski definition) is 1. The van der Waals surface area contributed by atoms with Crippen LogP contribution in [0.1, 0.15) is 13.3 Å². The van der Waals surface area contributed by atoms with Crippen LogP contribution in [0.5, 0.6) is 0 Å². The Morgan fingerprint density at radius 1 is 1.33 bits per heavy atom. The van der Waals surface area contributed by atoms with Crippen molar-refractivity contribution in [2.45, 2.75) is 19.3 Å². The number of hydrogen-bond donors (Lipinski definition) is 0. The third kappa shape index (κ3) is 4.33. The summed E-state index contributed by atoms with van der Waals surface area (Å²) < 4.78 is 24.7. The highest BCUT2D eigenvalue weighted by atomic mass is 19.3. The summed E-state index contributed by atoms with van der Waals surface area (Å²) in [6, 6.07) is 0. The third-order valence-electron chi connectivity index (χ3n) is 1.06. The lowest BCUT2D eigenvalue weighted by Crippen LogP contribution is -2.31. The van der Waals surface area contributed by atoms with Gasteiger partial charge in [0.2, 0.25) is 0 Å². The van der Waals surface area contributed by atoms with Crippen LogP contribution >= 0.6 is 0 Å². The van der Waals surface area contributed by atoms with Crippen molar-refractivity contribution in [3.63, 3.8) is 0 Å². The Bertz CT molecular complexity index is 81.1. The van der Waals surface area contributed by atoms with E-state index >= 15 is 0 Å². The predicted octanol–water partition coefficient (Wildman–Crippen LogP) is 1.59. The first-order valence-corrected chi connectivity index (χ1v) is 3.00. The molecule has 1 nitrogen and oxygen atoms in total. The van der Waals surface area contributed by atoms with E-state index in [-0.39, 0.29) is 13.0 Å². The van der Waals surface area contributed by atoms with Crippen LogP contribution in [0.4, 0.5) is 8.78 Å². The van der Waals surface area contributed by atoms with Gasteiger partial charge in [-0.1, -0.05) is 6.92 Å². The van der Waals surface area contributed by atoms with E-state index in [9.17, 15) is 8.78 Å². The molecule has 3 heteroatoms. The Hall–Kier alpha value is -0.180. The van der Waals surface area contributed by atoms with Gasteiger partial charge in [0.15, 0.2) is 0 Å². The smallest absolute Gasteiger partial charge is 0.260 e. The zero-order valence-electron chi connectivity index (χ0n) is 6.12. The van der Waals surface area contributed by atoms with Crippen molar-refractivity contribution in [1.82, 2.24) is 4.90 Å². The topological polar surface area (TPSA) is 3.24 Å². The van der Waals surface area contributed by atoms with E-state index in [4.69, 9.17) is 0 Å². The molecule has 0 aliphatic rings. The average molecular weight is 137 g/mol. The minimum atomic E-state index is -2.51. The molecule has 0 aliphatic carbocycles. The Morgan fingerprint density at radius 3 is 1.89 bits per heavy atom. The molecule has 0 unspecified atom stereocenters. The van der Waals surface area contributed by atoms with Crippen LogP contribution in [0.25, 0.3) is 0 Å². The third-order valence-corrected chi connectivity index (χ3v) is 1.06. The molecule has 0 N–H and O–H groups in total. The lowest BCUT2D eigenvalue weighted by molar-refractivity contribution is -0.0245. The van der Waals surface area contributed by atoms with Crippen LogP contribution in [0, 0.1) is 0 Å². The van der Waals surface area contributed by atoms with Gasteiger partial charge in [-0.2, -0.15) is 0 Å². The Morgan fingerprint density at radius 2 is 1.78 bits per heavy atom. The molecule has 0 rings (SSSR count). The summed E-state index contributed by atoms with van der Waals surface area (Å²) in [5, 5.41) is 0.